The van der Waals surface area contributed by atoms with Gasteiger partial charge in [-0.05, 0) is 24.6 Å². The van der Waals surface area contributed by atoms with Gasteiger partial charge in [0.05, 0.1) is 11.3 Å². The number of halogens is 4. The summed E-state index contributed by atoms with van der Waals surface area (Å²) in [5, 5.41) is 2.98. The zero-order chi connectivity index (χ0) is 18.2. The first-order chi connectivity index (χ1) is 11.8. The number of pyridine rings is 2. The maximum absolute atomic E-state index is 12.6. The number of carbonyl (C=O) groups excluding carboxylic acids is 1. The molecule has 1 N–H and O–H groups in total. The van der Waals surface area contributed by atoms with Gasteiger partial charge in [0.1, 0.15) is 17.2 Å². The van der Waals surface area contributed by atoms with E-state index in [1.807, 2.05) is 6.92 Å². The molecule has 0 aromatic carbocycles. The second kappa shape index (κ2) is 6.36. The molecule has 9 heteroatoms. The molecule has 0 unspecified atom stereocenters. The Bertz CT molecular complexity index is 935. The van der Waals surface area contributed by atoms with E-state index in [2.05, 4.69) is 15.3 Å². The number of nitrogens with zero attached hydrogens (tertiary/aromatic N) is 3. The van der Waals surface area contributed by atoms with Crippen molar-refractivity contribution in [2.75, 3.05) is 5.32 Å². The maximum atomic E-state index is 12.6. The van der Waals surface area contributed by atoms with Crippen LogP contribution in [-0.2, 0) is 12.6 Å². The van der Waals surface area contributed by atoms with Gasteiger partial charge in [0.2, 0.25) is 0 Å². The Morgan fingerprint density at radius 2 is 2.08 bits per heavy atom. The second-order valence-corrected chi connectivity index (χ2v) is 5.65. The highest BCUT2D eigenvalue weighted by molar-refractivity contribution is 6.30. The number of carbonyl (C=O) groups is 1. The lowest BCUT2D eigenvalue weighted by Crippen LogP contribution is -2.17. The number of hydrogen-bond donors (Lipinski definition) is 1. The molecular weight excluding hydrogens is 357 g/mol. The summed E-state index contributed by atoms with van der Waals surface area (Å²) in [5.74, 6) is -0.497. The molecule has 0 aliphatic heterocycles. The molecule has 3 aromatic rings. The Kier molecular flexibility index (Phi) is 4.38. The summed E-state index contributed by atoms with van der Waals surface area (Å²) >= 11 is 5.93. The molecule has 3 rings (SSSR count). The number of alkyl halides is 3. The van der Waals surface area contributed by atoms with Crippen LogP contribution >= 0.6 is 11.6 Å². The van der Waals surface area contributed by atoms with Gasteiger partial charge < -0.3 is 5.32 Å². The van der Waals surface area contributed by atoms with E-state index >= 15 is 0 Å². The fourth-order valence-electron chi connectivity index (χ4n) is 2.37. The van der Waals surface area contributed by atoms with Gasteiger partial charge in [0.15, 0.2) is 0 Å². The minimum absolute atomic E-state index is 0.0176. The van der Waals surface area contributed by atoms with Crippen LogP contribution in [0.15, 0.2) is 36.7 Å². The van der Waals surface area contributed by atoms with Gasteiger partial charge in [0, 0.05) is 23.5 Å². The van der Waals surface area contributed by atoms with Crippen molar-refractivity contribution in [3.05, 3.63) is 58.6 Å². The van der Waals surface area contributed by atoms with Crippen molar-refractivity contribution in [1.82, 2.24) is 14.4 Å². The number of fused-ring (bicyclic) bond motifs is 1. The molecule has 130 valence electrons. The number of amides is 1. The molecule has 0 saturated carbocycles. The fraction of sp³-hybridized carbons (Fsp3) is 0.188. The summed E-state index contributed by atoms with van der Waals surface area (Å²) in [6, 6.07) is 5.20. The zero-order valence-corrected chi connectivity index (χ0v) is 13.7. The molecule has 5 nitrogen and oxygen atoms in total. The van der Waals surface area contributed by atoms with Crippen LogP contribution in [0, 0.1) is 0 Å². The molecule has 3 aromatic heterocycles. The fourth-order valence-corrected chi connectivity index (χ4v) is 2.52. The minimum atomic E-state index is -4.48. The number of imidazole rings is 1. The number of anilines is 1. The Balaban J connectivity index is 1.92. The largest absolute Gasteiger partial charge is 0.417 e. The molecule has 0 radical (unpaired) electrons. The first-order valence-corrected chi connectivity index (χ1v) is 7.68. The van der Waals surface area contributed by atoms with Gasteiger partial charge in [-0.25, -0.2) is 9.97 Å². The van der Waals surface area contributed by atoms with Crippen LogP contribution in [-0.4, -0.2) is 20.3 Å². The topological polar surface area (TPSA) is 59.3 Å². The van der Waals surface area contributed by atoms with Crippen LogP contribution in [0.3, 0.4) is 0 Å². The van der Waals surface area contributed by atoms with Crippen molar-refractivity contribution in [3.8, 4) is 0 Å². The summed E-state index contributed by atoms with van der Waals surface area (Å²) < 4.78 is 39.3. The highest BCUT2D eigenvalue weighted by Crippen LogP contribution is 2.29. The Hall–Kier alpha value is -2.61. The smallest absolute Gasteiger partial charge is 0.305 e. The summed E-state index contributed by atoms with van der Waals surface area (Å²) in [6.07, 6.45) is -1.70. The van der Waals surface area contributed by atoms with E-state index in [0.717, 1.165) is 12.1 Å². The Morgan fingerprint density at radius 3 is 2.68 bits per heavy atom. The van der Waals surface area contributed by atoms with E-state index in [4.69, 9.17) is 11.6 Å². The van der Waals surface area contributed by atoms with E-state index in [0.29, 0.717) is 29.0 Å². The predicted molar refractivity (Wildman–Crippen MR) is 86.8 cm³/mol. The summed E-state index contributed by atoms with van der Waals surface area (Å²) in [6.45, 7) is 1.84. The number of aromatic nitrogens is 3. The number of nitrogens with one attached hydrogen (secondary N) is 1. The molecule has 1 amide bonds. The standard InChI is InChI=1S/C16H12ClF3N4O/c1-2-11-14(24-6-5-10(17)7-13(24)22-11)15(25)23-12-4-3-9(8-21-12)16(18,19)20/h3-8H,2H2,1H3,(H,21,23,25). The maximum Gasteiger partial charge on any atom is 0.417 e. The van der Waals surface area contributed by atoms with Crippen LogP contribution < -0.4 is 5.32 Å². The zero-order valence-electron chi connectivity index (χ0n) is 12.9. The summed E-state index contributed by atoms with van der Waals surface area (Å²) in [4.78, 5) is 20.6. The van der Waals surface area contributed by atoms with Gasteiger partial charge >= 0.3 is 6.18 Å². The number of hydrogen-bond acceptors (Lipinski definition) is 3. The molecule has 0 atom stereocenters. The quantitative estimate of drug-likeness (QED) is 0.753. The second-order valence-electron chi connectivity index (χ2n) is 5.22. The lowest BCUT2D eigenvalue weighted by atomic mass is 10.2. The Labute approximate surface area is 145 Å². The summed E-state index contributed by atoms with van der Waals surface area (Å²) in [7, 11) is 0. The highest BCUT2D eigenvalue weighted by atomic mass is 35.5. The molecule has 0 aliphatic carbocycles. The van der Waals surface area contributed by atoms with Crippen molar-refractivity contribution in [2.24, 2.45) is 0 Å². The SMILES string of the molecule is CCc1nc2cc(Cl)ccn2c1C(=O)Nc1ccc(C(F)(F)F)cn1. The molecule has 0 spiro atoms. The summed E-state index contributed by atoms with van der Waals surface area (Å²) in [5.41, 5.74) is 0.460. The number of rotatable bonds is 3. The van der Waals surface area contributed by atoms with Gasteiger partial charge in [-0.2, -0.15) is 13.2 Å². The molecule has 0 bridgehead atoms. The molecule has 0 fully saturated rings. The number of aryl methyl sites for hydroxylation is 1. The van der Waals surface area contributed by atoms with Crippen LogP contribution in [0.1, 0.15) is 28.7 Å². The lowest BCUT2D eigenvalue weighted by Gasteiger charge is -2.08. The van der Waals surface area contributed by atoms with Crippen molar-refractivity contribution in [2.45, 2.75) is 19.5 Å². The molecule has 25 heavy (non-hydrogen) atoms. The first-order valence-electron chi connectivity index (χ1n) is 7.30. The van der Waals surface area contributed by atoms with Crippen LogP contribution in [0.25, 0.3) is 5.65 Å². The Morgan fingerprint density at radius 1 is 1.32 bits per heavy atom. The lowest BCUT2D eigenvalue weighted by molar-refractivity contribution is -0.137. The van der Waals surface area contributed by atoms with Gasteiger partial charge in [0.25, 0.3) is 5.91 Å². The van der Waals surface area contributed by atoms with Crippen molar-refractivity contribution in [3.63, 3.8) is 0 Å². The third-order valence-corrected chi connectivity index (χ3v) is 3.78. The van der Waals surface area contributed by atoms with E-state index in [1.54, 1.807) is 22.7 Å². The van der Waals surface area contributed by atoms with Crippen LogP contribution in [0.5, 0.6) is 0 Å². The van der Waals surface area contributed by atoms with Crippen molar-refractivity contribution in [1.29, 1.82) is 0 Å². The third kappa shape index (κ3) is 3.43. The molecule has 0 aliphatic rings. The van der Waals surface area contributed by atoms with E-state index in [-0.39, 0.29) is 11.5 Å². The van der Waals surface area contributed by atoms with Gasteiger partial charge in [-0.15, -0.1) is 0 Å². The average Bonchev–Trinajstić information content (AvgIpc) is 2.92. The van der Waals surface area contributed by atoms with E-state index in [1.165, 1.54) is 0 Å². The monoisotopic (exact) mass is 368 g/mol. The van der Waals surface area contributed by atoms with Gasteiger partial charge in [-0.3, -0.25) is 9.20 Å². The van der Waals surface area contributed by atoms with Crippen LogP contribution in [0.2, 0.25) is 5.02 Å². The van der Waals surface area contributed by atoms with Gasteiger partial charge in [-0.1, -0.05) is 18.5 Å². The van der Waals surface area contributed by atoms with E-state index < -0.39 is 17.6 Å². The van der Waals surface area contributed by atoms with E-state index in [9.17, 15) is 18.0 Å². The molecule has 3 heterocycles. The first kappa shape index (κ1) is 17.2. The van der Waals surface area contributed by atoms with Crippen LogP contribution in [0.4, 0.5) is 19.0 Å². The average molecular weight is 369 g/mol. The normalized spacial score (nSPS) is 11.7. The third-order valence-electron chi connectivity index (χ3n) is 3.54. The highest BCUT2D eigenvalue weighted by Gasteiger charge is 2.30. The van der Waals surface area contributed by atoms with Crippen molar-refractivity contribution < 1.29 is 18.0 Å². The van der Waals surface area contributed by atoms with Crippen molar-refractivity contribution >= 4 is 29.0 Å². The minimum Gasteiger partial charge on any atom is -0.305 e. The molecule has 0 saturated heterocycles. The molecular formula is C16H12ClF3N4O. The predicted octanol–water partition coefficient (Wildman–Crippen LogP) is 4.22.